The molecule has 2 amide bonds. The number of carbonyl (C=O) groups excluding carboxylic acids is 3. The quantitative estimate of drug-likeness (QED) is 0.689. The molecular formula is C19H26ClN3O4. The number of nitrogens with zero attached hydrogens (tertiary/aromatic N) is 1. The van der Waals surface area contributed by atoms with Gasteiger partial charge in [-0.2, -0.15) is 0 Å². The van der Waals surface area contributed by atoms with Gasteiger partial charge in [0.1, 0.15) is 6.04 Å². The number of rotatable bonds is 7. The van der Waals surface area contributed by atoms with Crippen LogP contribution in [0.25, 0.3) is 0 Å². The molecule has 27 heavy (non-hydrogen) atoms. The van der Waals surface area contributed by atoms with Crippen molar-refractivity contribution in [3.63, 3.8) is 0 Å². The highest BCUT2D eigenvalue weighted by Gasteiger charge is 2.35. The van der Waals surface area contributed by atoms with Gasteiger partial charge in [0, 0.05) is 23.8 Å². The molecule has 2 rings (SSSR count). The minimum Gasteiger partial charge on any atom is -0.465 e. The highest BCUT2D eigenvalue weighted by Crippen LogP contribution is 2.20. The van der Waals surface area contributed by atoms with Crippen LogP contribution >= 0.6 is 11.6 Å². The van der Waals surface area contributed by atoms with E-state index in [1.54, 1.807) is 6.07 Å². The highest BCUT2D eigenvalue weighted by molar-refractivity contribution is 6.31. The maximum absolute atomic E-state index is 12.6. The average Bonchev–Trinajstić information content (AvgIpc) is 2.62. The number of piperazine rings is 1. The Morgan fingerprint density at radius 2 is 2.15 bits per heavy atom. The smallest absolute Gasteiger partial charge is 0.308 e. The maximum Gasteiger partial charge on any atom is 0.308 e. The van der Waals surface area contributed by atoms with Crippen molar-refractivity contribution in [1.82, 2.24) is 10.2 Å². The first-order chi connectivity index (χ1) is 12.8. The number of nitrogens with one attached hydrogen (secondary N) is 2. The maximum atomic E-state index is 12.6. The first kappa shape index (κ1) is 21.0. The second-order valence-corrected chi connectivity index (χ2v) is 7.40. The Morgan fingerprint density at radius 1 is 1.41 bits per heavy atom. The van der Waals surface area contributed by atoms with Crippen LogP contribution in [0.1, 0.15) is 25.8 Å². The molecule has 0 spiro atoms. The Balaban J connectivity index is 1.97. The number of amides is 2. The number of hydrogen-bond acceptors (Lipinski definition) is 5. The van der Waals surface area contributed by atoms with E-state index in [0.29, 0.717) is 23.8 Å². The number of halogens is 1. The van der Waals surface area contributed by atoms with Crippen molar-refractivity contribution in [1.29, 1.82) is 0 Å². The molecule has 1 aromatic carbocycles. The van der Waals surface area contributed by atoms with Gasteiger partial charge in [0.25, 0.3) is 0 Å². The zero-order valence-electron chi connectivity index (χ0n) is 15.9. The molecule has 1 heterocycles. The largest absolute Gasteiger partial charge is 0.465 e. The van der Waals surface area contributed by atoms with Crippen LogP contribution in [-0.4, -0.2) is 55.0 Å². The zero-order valence-corrected chi connectivity index (χ0v) is 16.6. The molecular weight excluding hydrogens is 370 g/mol. The summed E-state index contributed by atoms with van der Waals surface area (Å²) in [4.78, 5) is 38.3. The summed E-state index contributed by atoms with van der Waals surface area (Å²) >= 11 is 6.09. The number of benzene rings is 1. The van der Waals surface area contributed by atoms with Crippen LogP contribution in [0.15, 0.2) is 18.2 Å². The first-order valence-corrected chi connectivity index (χ1v) is 9.38. The van der Waals surface area contributed by atoms with Crippen molar-refractivity contribution in [2.75, 3.05) is 31.6 Å². The van der Waals surface area contributed by atoms with E-state index in [4.69, 9.17) is 16.3 Å². The van der Waals surface area contributed by atoms with Gasteiger partial charge in [-0.3, -0.25) is 14.4 Å². The van der Waals surface area contributed by atoms with E-state index in [9.17, 15) is 14.4 Å². The zero-order chi connectivity index (χ0) is 20.0. The van der Waals surface area contributed by atoms with Crippen LogP contribution in [-0.2, 0) is 19.1 Å². The molecule has 1 fully saturated rings. The van der Waals surface area contributed by atoms with Crippen molar-refractivity contribution in [2.45, 2.75) is 33.2 Å². The molecule has 0 aliphatic carbocycles. The summed E-state index contributed by atoms with van der Waals surface area (Å²) in [7, 11) is 0. The van der Waals surface area contributed by atoms with Crippen LogP contribution in [0.5, 0.6) is 0 Å². The molecule has 0 bridgehead atoms. The minimum atomic E-state index is -0.852. The van der Waals surface area contributed by atoms with Gasteiger partial charge >= 0.3 is 5.97 Å². The molecule has 1 aliphatic rings. The Labute approximate surface area is 164 Å². The van der Waals surface area contributed by atoms with E-state index >= 15 is 0 Å². The van der Waals surface area contributed by atoms with Gasteiger partial charge in [-0.05, 0) is 30.5 Å². The topological polar surface area (TPSA) is 87.7 Å². The SMILES string of the molecule is Cc1ccc(NCC(=O)N2CCNC(=O)C2CC(=O)OCC(C)C)cc1Cl. The fourth-order valence-corrected chi connectivity index (χ4v) is 2.86. The van der Waals surface area contributed by atoms with E-state index in [1.165, 1.54) is 4.90 Å². The van der Waals surface area contributed by atoms with Crippen molar-refractivity contribution in [3.05, 3.63) is 28.8 Å². The van der Waals surface area contributed by atoms with Crippen LogP contribution in [0.4, 0.5) is 5.69 Å². The second-order valence-electron chi connectivity index (χ2n) is 6.99. The Bertz CT molecular complexity index is 708. The first-order valence-electron chi connectivity index (χ1n) is 9.00. The summed E-state index contributed by atoms with van der Waals surface area (Å²) in [5.41, 5.74) is 1.66. The van der Waals surface area contributed by atoms with Gasteiger partial charge < -0.3 is 20.3 Å². The molecule has 7 nitrogen and oxygen atoms in total. The molecule has 1 atom stereocenters. The molecule has 8 heteroatoms. The highest BCUT2D eigenvalue weighted by atomic mass is 35.5. The van der Waals surface area contributed by atoms with Crippen molar-refractivity contribution < 1.29 is 19.1 Å². The average molecular weight is 396 g/mol. The summed E-state index contributed by atoms with van der Waals surface area (Å²) in [6.07, 6.45) is -0.152. The molecule has 0 radical (unpaired) electrons. The van der Waals surface area contributed by atoms with E-state index in [2.05, 4.69) is 10.6 Å². The molecule has 1 saturated heterocycles. The van der Waals surface area contributed by atoms with Gasteiger partial charge in [-0.25, -0.2) is 0 Å². The molecule has 1 aliphatic heterocycles. The molecule has 1 unspecified atom stereocenters. The minimum absolute atomic E-state index is 0.00418. The summed E-state index contributed by atoms with van der Waals surface area (Å²) in [5.74, 6) is -0.878. The Kier molecular flexibility index (Phi) is 7.47. The van der Waals surface area contributed by atoms with E-state index in [0.717, 1.165) is 5.56 Å². The van der Waals surface area contributed by atoms with Crippen LogP contribution < -0.4 is 10.6 Å². The third-order valence-corrected chi connectivity index (χ3v) is 4.61. The van der Waals surface area contributed by atoms with Crippen molar-refractivity contribution >= 4 is 35.1 Å². The lowest BCUT2D eigenvalue weighted by Crippen LogP contribution is -2.58. The summed E-state index contributed by atoms with van der Waals surface area (Å²) in [6, 6.07) is 4.58. The third kappa shape index (κ3) is 6.13. The molecule has 0 aromatic heterocycles. The predicted molar refractivity (Wildman–Crippen MR) is 104 cm³/mol. The van der Waals surface area contributed by atoms with Gasteiger partial charge in [0.15, 0.2) is 0 Å². The van der Waals surface area contributed by atoms with Crippen LogP contribution in [0.3, 0.4) is 0 Å². The second kappa shape index (κ2) is 9.60. The van der Waals surface area contributed by atoms with E-state index < -0.39 is 12.0 Å². The van der Waals surface area contributed by atoms with Gasteiger partial charge in [-0.15, -0.1) is 0 Å². The number of ether oxygens (including phenoxy) is 1. The number of esters is 1. The lowest BCUT2D eigenvalue weighted by atomic mass is 10.1. The summed E-state index contributed by atoms with van der Waals surface area (Å²) in [5, 5.41) is 6.32. The normalized spacial score (nSPS) is 16.9. The van der Waals surface area contributed by atoms with Gasteiger partial charge in [-0.1, -0.05) is 31.5 Å². The molecule has 148 valence electrons. The number of carbonyl (C=O) groups is 3. The lowest BCUT2D eigenvalue weighted by molar-refractivity contribution is -0.152. The molecule has 0 saturated carbocycles. The Morgan fingerprint density at radius 3 is 2.81 bits per heavy atom. The Hall–Kier alpha value is -2.28. The summed E-state index contributed by atoms with van der Waals surface area (Å²) < 4.78 is 5.15. The van der Waals surface area contributed by atoms with Crippen LogP contribution in [0, 0.1) is 12.8 Å². The van der Waals surface area contributed by atoms with Gasteiger partial charge in [0.2, 0.25) is 11.8 Å². The predicted octanol–water partition coefficient (Wildman–Crippen LogP) is 1.98. The standard InChI is InChI=1S/C19H26ClN3O4/c1-12(2)11-27-18(25)9-16-19(26)21-6-7-23(16)17(24)10-22-14-5-4-13(3)15(20)8-14/h4-5,8,12,16,22H,6-7,9-11H2,1-3H3,(H,21,26). The fourth-order valence-electron chi connectivity index (χ4n) is 2.67. The summed E-state index contributed by atoms with van der Waals surface area (Å²) in [6.45, 7) is 6.76. The van der Waals surface area contributed by atoms with Crippen molar-refractivity contribution in [2.24, 2.45) is 5.92 Å². The number of hydrogen-bond donors (Lipinski definition) is 2. The van der Waals surface area contributed by atoms with Crippen molar-refractivity contribution in [3.8, 4) is 0 Å². The van der Waals surface area contributed by atoms with Gasteiger partial charge in [0.05, 0.1) is 19.6 Å². The molecule has 1 aromatic rings. The van der Waals surface area contributed by atoms with Crippen LogP contribution in [0.2, 0.25) is 5.02 Å². The number of aryl methyl sites for hydroxylation is 1. The molecule has 2 N–H and O–H groups in total. The van der Waals surface area contributed by atoms with E-state index in [-0.39, 0.29) is 37.3 Å². The van der Waals surface area contributed by atoms with E-state index in [1.807, 2.05) is 32.9 Å². The lowest BCUT2D eigenvalue weighted by Gasteiger charge is -2.34. The third-order valence-electron chi connectivity index (χ3n) is 4.20. The monoisotopic (exact) mass is 395 g/mol. The number of anilines is 1. The fraction of sp³-hybridized carbons (Fsp3) is 0.526.